The number of sulfonamides is 1. The molecule has 156 valence electrons. The molecule has 27 heavy (non-hydrogen) atoms. The van der Waals surface area contributed by atoms with E-state index in [2.05, 4.69) is 9.62 Å². The number of aryl methyl sites for hydroxylation is 1. The van der Waals surface area contributed by atoms with Gasteiger partial charge in [0.2, 0.25) is 15.9 Å². The van der Waals surface area contributed by atoms with Crippen LogP contribution < -0.4 is 10.5 Å². The van der Waals surface area contributed by atoms with Gasteiger partial charge in [-0.2, -0.15) is 0 Å². The van der Waals surface area contributed by atoms with Crippen molar-refractivity contribution in [2.24, 2.45) is 5.73 Å². The standard InChI is InChI=1S/C17H28N4O3S.2ClH/c1-14-4-6-15(7-5-14)25(23,24)19-8-9-20-10-12-21(13-11-20)16(22)17(2,3)18;;/h4-7,19H,8-13,18H2,1-3H3;2*1H. The van der Waals surface area contributed by atoms with E-state index in [-0.39, 0.29) is 35.6 Å². The third-order valence-corrected chi connectivity index (χ3v) is 5.74. The largest absolute Gasteiger partial charge is 0.339 e. The van der Waals surface area contributed by atoms with Crippen molar-refractivity contribution in [2.45, 2.75) is 31.2 Å². The van der Waals surface area contributed by atoms with Gasteiger partial charge >= 0.3 is 0 Å². The summed E-state index contributed by atoms with van der Waals surface area (Å²) in [6.45, 7) is 8.95. The zero-order valence-corrected chi connectivity index (χ0v) is 18.4. The lowest BCUT2D eigenvalue weighted by molar-refractivity contribution is -0.137. The van der Waals surface area contributed by atoms with E-state index in [1.54, 1.807) is 43.0 Å². The Balaban J connectivity index is 0.00000338. The summed E-state index contributed by atoms with van der Waals surface area (Å²) in [4.78, 5) is 16.3. The van der Waals surface area contributed by atoms with Crippen molar-refractivity contribution in [1.29, 1.82) is 0 Å². The van der Waals surface area contributed by atoms with Crippen molar-refractivity contribution in [2.75, 3.05) is 39.3 Å². The molecule has 0 unspecified atom stereocenters. The Kier molecular flexibility index (Phi) is 10.2. The average Bonchev–Trinajstić information content (AvgIpc) is 2.54. The molecule has 0 spiro atoms. The highest BCUT2D eigenvalue weighted by molar-refractivity contribution is 7.89. The van der Waals surface area contributed by atoms with Crippen LogP contribution in [0, 0.1) is 6.92 Å². The second kappa shape index (κ2) is 10.6. The van der Waals surface area contributed by atoms with Gasteiger partial charge in [0.25, 0.3) is 0 Å². The van der Waals surface area contributed by atoms with Gasteiger partial charge in [-0.3, -0.25) is 9.69 Å². The summed E-state index contributed by atoms with van der Waals surface area (Å²) in [6, 6.07) is 6.78. The molecule has 3 N–H and O–H groups in total. The number of piperazine rings is 1. The van der Waals surface area contributed by atoms with Gasteiger partial charge in [0.15, 0.2) is 0 Å². The minimum absolute atomic E-state index is 0. The molecule has 1 aromatic carbocycles. The molecule has 0 bridgehead atoms. The van der Waals surface area contributed by atoms with Gasteiger partial charge in [0.05, 0.1) is 10.4 Å². The number of nitrogens with zero attached hydrogens (tertiary/aromatic N) is 2. The summed E-state index contributed by atoms with van der Waals surface area (Å²) in [5.41, 5.74) is 6.02. The smallest absolute Gasteiger partial charge is 0.242 e. The Labute approximate surface area is 174 Å². The van der Waals surface area contributed by atoms with Crippen LogP contribution in [-0.2, 0) is 14.8 Å². The van der Waals surface area contributed by atoms with Crippen molar-refractivity contribution in [3.8, 4) is 0 Å². The van der Waals surface area contributed by atoms with E-state index in [1.807, 2.05) is 6.92 Å². The van der Waals surface area contributed by atoms with Gasteiger partial charge in [-0.15, -0.1) is 24.8 Å². The monoisotopic (exact) mass is 440 g/mol. The van der Waals surface area contributed by atoms with E-state index in [0.717, 1.165) is 5.56 Å². The number of benzene rings is 1. The topological polar surface area (TPSA) is 95.7 Å². The predicted octanol–water partition coefficient (Wildman–Crippen LogP) is 0.998. The van der Waals surface area contributed by atoms with E-state index in [1.165, 1.54) is 0 Å². The molecule has 0 atom stereocenters. The maximum Gasteiger partial charge on any atom is 0.242 e. The fourth-order valence-electron chi connectivity index (χ4n) is 2.72. The summed E-state index contributed by atoms with van der Waals surface area (Å²) in [5.74, 6) is -0.0489. The van der Waals surface area contributed by atoms with Gasteiger partial charge < -0.3 is 10.6 Å². The predicted molar refractivity (Wildman–Crippen MR) is 112 cm³/mol. The first-order valence-electron chi connectivity index (χ1n) is 8.46. The van der Waals surface area contributed by atoms with Gasteiger partial charge in [-0.05, 0) is 32.9 Å². The van der Waals surface area contributed by atoms with Crippen LogP contribution in [0.15, 0.2) is 29.2 Å². The number of carbonyl (C=O) groups is 1. The molecule has 7 nitrogen and oxygen atoms in total. The molecule has 1 fully saturated rings. The van der Waals surface area contributed by atoms with Crippen molar-refractivity contribution < 1.29 is 13.2 Å². The first-order valence-corrected chi connectivity index (χ1v) is 9.95. The lowest BCUT2D eigenvalue weighted by Crippen LogP contribution is -2.57. The van der Waals surface area contributed by atoms with E-state index in [4.69, 9.17) is 5.73 Å². The Bertz CT molecular complexity index is 698. The normalized spacial score (nSPS) is 15.6. The molecule has 1 aliphatic heterocycles. The Morgan fingerprint density at radius 2 is 1.63 bits per heavy atom. The van der Waals surface area contributed by atoms with Crippen molar-refractivity contribution >= 4 is 40.7 Å². The average molecular weight is 441 g/mol. The fraction of sp³-hybridized carbons (Fsp3) is 0.588. The summed E-state index contributed by atoms with van der Waals surface area (Å²) in [6.07, 6.45) is 0. The summed E-state index contributed by atoms with van der Waals surface area (Å²) < 4.78 is 27.1. The molecular formula is C17H30Cl2N4O3S. The number of amides is 1. The molecule has 0 aliphatic carbocycles. The highest BCUT2D eigenvalue weighted by atomic mass is 35.5. The van der Waals surface area contributed by atoms with Gasteiger partial charge in [0.1, 0.15) is 0 Å². The van der Waals surface area contributed by atoms with Crippen LogP contribution in [-0.4, -0.2) is 68.9 Å². The van der Waals surface area contributed by atoms with E-state index >= 15 is 0 Å². The number of halogens is 2. The van der Waals surface area contributed by atoms with Crippen LogP contribution in [0.1, 0.15) is 19.4 Å². The molecule has 1 heterocycles. The SMILES string of the molecule is Cc1ccc(S(=O)(=O)NCCN2CCN(C(=O)C(C)(C)N)CC2)cc1.Cl.Cl. The molecule has 0 saturated carbocycles. The lowest BCUT2D eigenvalue weighted by atomic mass is 10.0. The van der Waals surface area contributed by atoms with Crippen molar-refractivity contribution in [3.63, 3.8) is 0 Å². The van der Waals surface area contributed by atoms with Gasteiger partial charge in [0, 0.05) is 39.3 Å². The maximum absolute atomic E-state index is 12.2. The lowest BCUT2D eigenvalue weighted by Gasteiger charge is -2.37. The molecule has 1 saturated heterocycles. The highest BCUT2D eigenvalue weighted by Crippen LogP contribution is 2.10. The Hall–Kier alpha value is -0.900. The number of nitrogens with two attached hydrogens (primary N) is 1. The van der Waals surface area contributed by atoms with Crippen molar-refractivity contribution in [3.05, 3.63) is 29.8 Å². The Morgan fingerprint density at radius 3 is 2.11 bits per heavy atom. The number of hydrogen-bond acceptors (Lipinski definition) is 5. The summed E-state index contributed by atoms with van der Waals surface area (Å²) in [5, 5.41) is 0. The minimum atomic E-state index is -3.48. The van der Waals surface area contributed by atoms with Crippen molar-refractivity contribution in [1.82, 2.24) is 14.5 Å². The number of rotatable bonds is 6. The summed E-state index contributed by atoms with van der Waals surface area (Å²) >= 11 is 0. The molecule has 1 aromatic rings. The fourth-order valence-corrected chi connectivity index (χ4v) is 3.74. The van der Waals surface area contributed by atoms with E-state index < -0.39 is 15.6 Å². The van der Waals surface area contributed by atoms with Crippen LogP contribution in [0.25, 0.3) is 0 Å². The third kappa shape index (κ3) is 7.56. The van der Waals surface area contributed by atoms with E-state index in [0.29, 0.717) is 39.3 Å². The summed E-state index contributed by atoms with van der Waals surface area (Å²) in [7, 11) is -3.48. The first kappa shape index (κ1) is 26.1. The second-order valence-electron chi connectivity index (χ2n) is 7.07. The van der Waals surface area contributed by atoms with Crippen LogP contribution in [0.5, 0.6) is 0 Å². The molecular weight excluding hydrogens is 411 g/mol. The van der Waals surface area contributed by atoms with Crippen LogP contribution in [0.4, 0.5) is 0 Å². The molecule has 1 amide bonds. The Morgan fingerprint density at radius 1 is 1.11 bits per heavy atom. The third-order valence-electron chi connectivity index (χ3n) is 4.26. The zero-order valence-electron chi connectivity index (χ0n) is 16.0. The van der Waals surface area contributed by atoms with Crippen LogP contribution >= 0.6 is 24.8 Å². The number of carbonyl (C=O) groups excluding carboxylic acids is 1. The highest BCUT2D eigenvalue weighted by Gasteiger charge is 2.30. The second-order valence-corrected chi connectivity index (χ2v) is 8.83. The van der Waals surface area contributed by atoms with Crippen LogP contribution in [0.3, 0.4) is 0 Å². The number of hydrogen-bond donors (Lipinski definition) is 2. The molecule has 1 aliphatic rings. The zero-order chi connectivity index (χ0) is 18.7. The molecule has 10 heteroatoms. The quantitative estimate of drug-likeness (QED) is 0.687. The first-order chi connectivity index (χ1) is 11.6. The van der Waals surface area contributed by atoms with Gasteiger partial charge in [-0.25, -0.2) is 13.1 Å². The maximum atomic E-state index is 12.2. The van der Waals surface area contributed by atoms with E-state index in [9.17, 15) is 13.2 Å². The van der Waals surface area contributed by atoms with Crippen LogP contribution in [0.2, 0.25) is 0 Å². The molecule has 2 rings (SSSR count). The molecule has 0 aromatic heterocycles. The minimum Gasteiger partial charge on any atom is -0.339 e. The molecule has 0 radical (unpaired) electrons. The number of nitrogens with one attached hydrogen (secondary N) is 1. The van der Waals surface area contributed by atoms with Gasteiger partial charge in [-0.1, -0.05) is 17.7 Å².